The largest absolute Gasteiger partial charge is 0.334 e. The first kappa shape index (κ1) is 17.6. The predicted molar refractivity (Wildman–Crippen MR) is 108 cm³/mol. The van der Waals surface area contributed by atoms with Crippen LogP contribution in [0.1, 0.15) is 32.3 Å². The average molecular weight is 377 g/mol. The zero-order valence-corrected chi connectivity index (χ0v) is 16.3. The first-order valence-electron chi connectivity index (χ1n) is 8.15. The van der Waals surface area contributed by atoms with Gasteiger partial charge in [0.25, 0.3) is 5.91 Å². The lowest BCUT2D eigenvalue weighted by atomic mass is 10.1. The summed E-state index contributed by atoms with van der Waals surface area (Å²) in [5.41, 5.74) is 2.35. The molecule has 6 heteroatoms. The van der Waals surface area contributed by atoms with Crippen LogP contribution in [0.3, 0.4) is 0 Å². The Labute approximate surface area is 157 Å². The summed E-state index contributed by atoms with van der Waals surface area (Å²) in [6.07, 6.45) is 2.20. The SMILES string of the molecule is CCCCN1C(c2ccccc2)=CS/C1=C1/SC(=S)N(CC)C1=O. The molecular formula is C18H20N2OS3. The summed E-state index contributed by atoms with van der Waals surface area (Å²) in [5.74, 6) is 0.0409. The van der Waals surface area contributed by atoms with Gasteiger partial charge < -0.3 is 4.90 Å². The van der Waals surface area contributed by atoms with Crippen molar-refractivity contribution in [1.82, 2.24) is 9.80 Å². The minimum atomic E-state index is 0.0409. The topological polar surface area (TPSA) is 23.6 Å². The van der Waals surface area contributed by atoms with E-state index in [1.165, 1.54) is 23.0 Å². The van der Waals surface area contributed by atoms with Gasteiger partial charge in [0.15, 0.2) is 0 Å². The minimum Gasteiger partial charge on any atom is -0.334 e. The first-order valence-corrected chi connectivity index (χ1v) is 10.3. The average Bonchev–Trinajstić information content (AvgIpc) is 3.14. The highest BCUT2D eigenvalue weighted by atomic mass is 32.2. The van der Waals surface area contributed by atoms with E-state index in [2.05, 4.69) is 29.4 Å². The highest BCUT2D eigenvalue weighted by Crippen LogP contribution is 2.46. The molecule has 2 aliphatic heterocycles. The molecule has 24 heavy (non-hydrogen) atoms. The van der Waals surface area contributed by atoms with Crippen molar-refractivity contribution in [2.24, 2.45) is 0 Å². The number of benzene rings is 1. The van der Waals surface area contributed by atoms with Crippen molar-refractivity contribution in [3.63, 3.8) is 0 Å². The molecule has 2 heterocycles. The van der Waals surface area contributed by atoms with Crippen molar-refractivity contribution in [2.75, 3.05) is 13.1 Å². The van der Waals surface area contributed by atoms with Crippen LogP contribution in [-0.2, 0) is 4.79 Å². The number of carbonyl (C=O) groups is 1. The molecule has 0 bridgehead atoms. The second-order valence-corrected chi connectivity index (χ2v) is 8.05. The quantitative estimate of drug-likeness (QED) is 0.538. The van der Waals surface area contributed by atoms with E-state index in [4.69, 9.17) is 12.2 Å². The van der Waals surface area contributed by atoms with Crippen LogP contribution < -0.4 is 0 Å². The van der Waals surface area contributed by atoms with Crippen LogP contribution in [0.15, 0.2) is 45.7 Å². The number of thioether (sulfide) groups is 2. The summed E-state index contributed by atoms with van der Waals surface area (Å²) in [5, 5.41) is 3.18. The van der Waals surface area contributed by atoms with E-state index in [1.54, 1.807) is 16.7 Å². The normalized spacial score (nSPS) is 21.0. The number of amides is 1. The maximum Gasteiger partial charge on any atom is 0.268 e. The molecule has 126 valence electrons. The number of nitrogens with zero attached hydrogens (tertiary/aromatic N) is 2. The third-order valence-electron chi connectivity index (χ3n) is 3.98. The van der Waals surface area contributed by atoms with Crippen LogP contribution in [0.5, 0.6) is 0 Å². The van der Waals surface area contributed by atoms with E-state index in [1.807, 2.05) is 25.1 Å². The van der Waals surface area contributed by atoms with E-state index in [9.17, 15) is 4.79 Å². The molecule has 1 saturated heterocycles. The molecule has 0 spiro atoms. The third kappa shape index (κ3) is 3.27. The second kappa shape index (κ2) is 7.76. The number of carbonyl (C=O) groups excluding carboxylic acids is 1. The van der Waals surface area contributed by atoms with Gasteiger partial charge in [-0.1, -0.05) is 79.4 Å². The molecule has 0 N–H and O–H groups in total. The summed E-state index contributed by atoms with van der Waals surface area (Å²) < 4.78 is 0.661. The standard InChI is InChI=1S/C18H20N2OS3/c1-3-5-11-20-14(13-9-7-6-8-10-13)12-23-17(20)15-16(21)19(4-2)18(22)24-15/h6-10,12H,3-5,11H2,1-2H3/b17-15+. The van der Waals surface area contributed by atoms with Gasteiger partial charge in [-0.25, -0.2) is 0 Å². The summed E-state index contributed by atoms with van der Waals surface area (Å²) >= 11 is 8.43. The van der Waals surface area contributed by atoms with Crippen molar-refractivity contribution < 1.29 is 4.79 Å². The van der Waals surface area contributed by atoms with Gasteiger partial charge in [-0.05, 0) is 18.9 Å². The van der Waals surface area contributed by atoms with E-state index in [0.717, 1.165) is 29.3 Å². The van der Waals surface area contributed by atoms with Crippen LogP contribution >= 0.6 is 35.7 Å². The Morgan fingerprint density at radius 2 is 1.88 bits per heavy atom. The fourth-order valence-electron chi connectivity index (χ4n) is 2.69. The van der Waals surface area contributed by atoms with Gasteiger partial charge in [-0.15, -0.1) is 0 Å². The van der Waals surface area contributed by atoms with E-state index >= 15 is 0 Å². The summed E-state index contributed by atoms with van der Waals surface area (Å²) in [7, 11) is 0. The maximum atomic E-state index is 12.7. The van der Waals surface area contributed by atoms with Gasteiger partial charge in [-0.2, -0.15) is 0 Å². The Kier molecular flexibility index (Phi) is 5.69. The fourth-order valence-corrected chi connectivity index (χ4v) is 5.32. The Balaban J connectivity index is 1.96. The number of unbranched alkanes of at least 4 members (excludes halogenated alkanes) is 1. The number of rotatable bonds is 5. The molecule has 1 aromatic carbocycles. The molecule has 0 saturated carbocycles. The Morgan fingerprint density at radius 3 is 2.50 bits per heavy atom. The smallest absolute Gasteiger partial charge is 0.268 e. The van der Waals surface area contributed by atoms with Crippen molar-refractivity contribution in [3.05, 3.63) is 51.2 Å². The zero-order valence-electron chi connectivity index (χ0n) is 13.8. The first-order chi connectivity index (χ1) is 11.7. The Morgan fingerprint density at radius 1 is 1.12 bits per heavy atom. The zero-order chi connectivity index (χ0) is 17.1. The van der Waals surface area contributed by atoms with Crippen molar-refractivity contribution >= 4 is 51.7 Å². The van der Waals surface area contributed by atoms with Crippen LogP contribution in [0, 0.1) is 0 Å². The summed E-state index contributed by atoms with van der Waals surface area (Å²) in [4.78, 5) is 17.4. The fraction of sp³-hybridized carbons (Fsp3) is 0.333. The molecule has 3 rings (SSSR count). The number of thiocarbonyl (C=S) groups is 1. The van der Waals surface area contributed by atoms with E-state index < -0.39 is 0 Å². The Bertz CT molecular complexity index is 712. The van der Waals surface area contributed by atoms with E-state index in [0.29, 0.717) is 10.9 Å². The lowest BCUT2D eigenvalue weighted by Gasteiger charge is -2.24. The molecule has 0 radical (unpaired) electrons. The second-order valence-electron chi connectivity index (χ2n) is 5.54. The molecular weight excluding hydrogens is 356 g/mol. The van der Waals surface area contributed by atoms with Crippen molar-refractivity contribution in [3.8, 4) is 0 Å². The lowest BCUT2D eigenvalue weighted by Crippen LogP contribution is -2.28. The predicted octanol–water partition coefficient (Wildman–Crippen LogP) is 4.88. The molecule has 0 aromatic heterocycles. The molecule has 2 aliphatic rings. The van der Waals surface area contributed by atoms with Crippen LogP contribution in [0.25, 0.3) is 5.70 Å². The highest BCUT2D eigenvalue weighted by Gasteiger charge is 2.37. The molecule has 3 nitrogen and oxygen atoms in total. The van der Waals surface area contributed by atoms with Crippen molar-refractivity contribution in [1.29, 1.82) is 0 Å². The van der Waals surface area contributed by atoms with Gasteiger partial charge in [-0.3, -0.25) is 9.69 Å². The van der Waals surface area contributed by atoms with E-state index in [-0.39, 0.29) is 5.91 Å². The molecule has 1 aromatic rings. The minimum absolute atomic E-state index is 0.0409. The van der Waals surface area contributed by atoms with Crippen LogP contribution in [0.2, 0.25) is 0 Å². The lowest BCUT2D eigenvalue weighted by molar-refractivity contribution is -0.122. The number of likely N-dealkylation sites (N-methyl/N-ethyl adjacent to an activating group) is 1. The molecule has 1 fully saturated rings. The number of hydrogen-bond donors (Lipinski definition) is 0. The molecule has 0 unspecified atom stereocenters. The van der Waals surface area contributed by atoms with Crippen LogP contribution in [-0.4, -0.2) is 33.1 Å². The molecule has 1 amide bonds. The van der Waals surface area contributed by atoms with Crippen molar-refractivity contribution in [2.45, 2.75) is 26.7 Å². The van der Waals surface area contributed by atoms with Gasteiger partial charge in [0.1, 0.15) is 9.23 Å². The maximum absolute atomic E-state index is 12.7. The third-order valence-corrected chi connectivity index (χ3v) is 6.54. The summed E-state index contributed by atoms with van der Waals surface area (Å²) in [6.45, 7) is 5.68. The monoisotopic (exact) mass is 376 g/mol. The van der Waals surface area contributed by atoms with Gasteiger partial charge in [0.05, 0.1) is 10.7 Å². The summed E-state index contributed by atoms with van der Waals surface area (Å²) in [6, 6.07) is 10.4. The van der Waals surface area contributed by atoms with Gasteiger partial charge >= 0.3 is 0 Å². The van der Waals surface area contributed by atoms with Crippen LogP contribution in [0.4, 0.5) is 0 Å². The highest BCUT2D eigenvalue weighted by molar-refractivity contribution is 8.27. The molecule has 0 aliphatic carbocycles. The van der Waals surface area contributed by atoms with Gasteiger partial charge in [0, 0.05) is 18.5 Å². The van der Waals surface area contributed by atoms with Gasteiger partial charge in [0.2, 0.25) is 0 Å². The number of hydrogen-bond acceptors (Lipinski definition) is 5. The molecule has 0 atom stereocenters. The Hall–Kier alpha value is -1.24.